The molecule has 4 rings (SSSR count). The van der Waals surface area contributed by atoms with E-state index < -0.39 is 14.6 Å². The van der Waals surface area contributed by atoms with E-state index in [9.17, 15) is 13.2 Å². The second-order valence-corrected chi connectivity index (χ2v) is 11.1. The first-order valence-corrected chi connectivity index (χ1v) is 11.3. The molecular weight excluding hydrogens is 360 g/mol. The minimum Gasteiger partial charge on any atom is -0.379 e. The molecule has 1 spiro atoms. The van der Waals surface area contributed by atoms with E-state index >= 15 is 0 Å². The van der Waals surface area contributed by atoms with Crippen LogP contribution in [0.2, 0.25) is 0 Å². The minimum atomic E-state index is -3.14. The van der Waals surface area contributed by atoms with Crippen LogP contribution in [-0.4, -0.2) is 80.6 Å². The van der Waals surface area contributed by atoms with Crippen LogP contribution in [0, 0.1) is 12.8 Å². The highest BCUT2D eigenvalue weighted by Gasteiger charge is 2.62. The zero-order valence-electron chi connectivity index (χ0n) is 14.4. The van der Waals surface area contributed by atoms with E-state index in [1.165, 1.54) is 11.3 Å². The van der Waals surface area contributed by atoms with Crippen LogP contribution in [0.5, 0.6) is 0 Å². The molecule has 1 aromatic rings. The molecule has 0 bridgehead atoms. The van der Waals surface area contributed by atoms with Gasteiger partial charge in [-0.1, -0.05) is 0 Å². The van der Waals surface area contributed by atoms with Crippen LogP contribution in [-0.2, 0) is 14.6 Å². The highest BCUT2D eigenvalue weighted by molar-refractivity contribution is 7.93. The molecule has 0 aromatic carbocycles. The van der Waals surface area contributed by atoms with Gasteiger partial charge in [-0.2, -0.15) is 0 Å². The Balaban J connectivity index is 1.48. The third-order valence-corrected chi connectivity index (χ3v) is 9.43. The van der Waals surface area contributed by atoms with E-state index in [2.05, 4.69) is 4.90 Å². The van der Waals surface area contributed by atoms with Crippen molar-refractivity contribution in [3.63, 3.8) is 0 Å². The van der Waals surface area contributed by atoms with Gasteiger partial charge in [-0.3, -0.25) is 9.69 Å². The van der Waals surface area contributed by atoms with Crippen LogP contribution in [0.25, 0.3) is 0 Å². The van der Waals surface area contributed by atoms with Crippen LogP contribution in [0.15, 0.2) is 12.1 Å². The number of rotatable bonds is 3. The van der Waals surface area contributed by atoms with Crippen molar-refractivity contribution in [3.8, 4) is 0 Å². The molecule has 3 aliphatic rings. The molecule has 25 heavy (non-hydrogen) atoms. The lowest BCUT2D eigenvalue weighted by Crippen LogP contribution is -2.69. The van der Waals surface area contributed by atoms with Crippen molar-refractivity contribution in [2.45, 2.75) is 18.1 Å². The Hall–Kier alpha value is -0.960. The van der Waals surface area contributed by atoms with Crippen LogP contribution in [0.3, 0.4) is 0 Å². The van der Waals surface area contributed by atoms with Crippen molar-refractivity contribution in [1.29, 1.82) is 0 Å². The topological polar surface area (TPSA) is 66.9 Å². The van der Waals surface area contributed by atoms with Crippen LogP contribution < -0.4 is 0 Å². The first-order valence-electron chi connectivity index (χ1n) is 8.79. The molecule has 0 N–H and O–H groups in total. The van der Waals surface area contributed by atoms with Gasteiger partial charge in [0.25, 0.3) is 5.91 Å². The van der Waals surface area contributed by atoms with Crippen molar-refractivity contribution >= 4 is 27.1 Å². The van der Waals surface area contributed by atoms with Gasteiger partial charge in [0, 0.05) is 37.6 Å². The summed E-state index contributed by atoms with van der Waals surface area (Å²) in [5.41, 5.74) is 0. The monoisotopic (exact) mass is 384 g/mol. The molecule has 6 nitrogen and oxygen atoms in total. The molecule has 1 atom stereocenters. The third kappa shape index (κ3) is 2.93. The SMILES string of the molecule is Cc1ccc(C(=O)N2CC3(C2)C(CN2CCOCC2)CCS3(=O)=O)s1. The fourth-order valence-corrected chi connectivity index (χ4v) is 7.52. The van der Waals surface area contributed by atoms with Crippen LogP contribution in [0.1, 0.15) is 21.0 Å². The van der Waals surface area contributed by atoms with E-state index in [0.717, 1.165) is 37.7 Å². The van der Waals surface area contributed by atoms with Crippen molar-refractivity contribution in [3.05, 3.63) is 21.9 Å². The molecule has 0 radical (unpaired) electrons. The number of morpholine rings is 1. The quantitative estimate of drug-likeness (QED) is 0.778. The smallest absolute Gasteiger partial charge is 0.264 e. The van der Waals surface area contributed by atoms with E-state index in [0.29, 0.717) is 24.4 Å². The standard InChI is InChI=1S/C17H24N2O4S2/c1-13-2-3-15(24-13)16(20)19-11-17(12-19)14(4-9-25(17,21)22)10-18-5-7-23-8-6-18/h2-3,14H,4-12H2,1H3. The minimum absolute atomic E-state index is 0.0315. The number of likely N-dealkylation sites (tertiary alicyclic amines) is 1. The summed E-state index contributed by atoms with van der Waals surface area (Å²) in [5.74, 6) is 0.336. The molecule has 138 valence electrons. The van der Waals surface area contributed by atoms with Crippen molar-refractivity contribution < 1.29 is 17.9 Å². The van der Waals surface area contributed by atoms with E-state index in [4.69, 9.17) is 4.74 Å². The number of ether oxygens (including phenoxy) is 1. The van der Waals surface area contributed by atoms with Crippen molar-refractivity contribution in [1.82, 2.24) is 9.80 Å². The van der Waals surface area contributed by atoms with Gasteiger partial charge >= 0.3 is 0 Å². The summed E-state index contributed by atoms with van der Waals surface area (Å²) in [6, 6.07) is 3.77. The number of carbonyl (C=O) groups is 1. The number of amides is 1. The molecule has 1 unspecified atom stereocenters. The summed E-state index contributed by atoms with van der Waals surface area (Å²) in [6.07, 6.45) is 0.708. The molecule has 0 aliphatic carbocycles. The van der Waals surface area contributed by atoms with E-state index in [-0.39, 0.29) is 17.6 Å². The summed E-state index contributed by atoms with van der Waals surface area (Å²) in [5, 5.41) is 0. The molecule has 3 aliphatic heterocycles. The van der Waals surface area contributed by atoms with Crippen molar-refractivity contribution in [2.24, 2.45) is 5.92 Å². The maximum absolute atomic E-state index is 12.7. The Morgan fingerprint density at radius 2 is 2.04 bits per heavy atom. The Morgan fingerprint density at radius 1 is 1.32 bits per heavy atom. The average molecular weight is 385 g/mol. The van der Waals surface area contributed by atoms with Gasteiger partial charge in [-0.05, 0) is 31.4 Å². The van der Waals surface area contributed by atoms with Gasteiger partial charge in [-0.25, -0.2) is 8.42 Å². The first kappa shape index (κ1) is 17.5. The van der Waals surface area contributed by atoms with Crippen LogP contribution in [0.4, 0.5) is 0 Å². The number of thiophene rings is 1. The Morgan fingerprint density at radius 3 is 2.68 bits per heavy atom. The maximum Gasteiger partial charge on any atom is 0.264 e. The number of hydrogen-bond donors (Lipinski definition) is 0. The lowest BCUT2D eigenvalue weighted by Gasteiger charge is -2.50. The normalized spacial score (nSPS) is 28.2. The average Bonchev–Trinajstić information content (AvgIpc) is 3.08. The zero-order valence-corrected chi connectivity index (χ0v) is 16.1. The molecule has 0 saturated carbocycles. The lowest BCUT2D eigenvalue weighted by atomic mass is 9.82. The van der Waals surface area contributed by atoms with Gasteiger partial charge in [0.15, 0.2) is 9.84 Å². The summed E-state index contributed by atoms with van der Waals surface area (Å²) in [7, 11) is -3.14. The van der Waals surface area contributed by atoms with E-state index in [1.807, 2.05) is 19.1 Å². The largest absolute Gasteiger partial charge is 0.379 e. The molecule has 3 saturated heterocycles. The van der Waals surface area contributed by atoms with Crippen molar-refractivity contribution in [2.75, 3.05) is 51.7 Å². The second kappa shape index (κ2) is 6.33. The lowest BCUT2D eigenvalue weighted by molar-refractivity contribution is 0.0142. The second-order valence-electron chi connectivity index (χ2n) is 7.35. The Kier molecular flexibility index (Phi) is 4.42. The molecule has 4 heterocycles. The summed E-state index contributed by atoms with van der Waals surface area (Å²) < 4.78 is 30.2. The highest BCUT2D eigenvalue weighted by atomic mass is 32.2. The molecule has 8 heteroatoms. The highest BCUT2D eigenvalue weighted by Crippen LogP contribution is 2.45. The fraction of sp³-hybridized carbons (Fsp3) is 0.706. The number of carbonyl (C=O) groups excluding carboxylic acids is 1. The van der Waals surface area contributed by atoms with Gasteiger partial charge < -0.3 is 9.64 Å². The van der Waals surface area contributed by atoms with Gasteiger partial charge in [0.1, 0.15) is 4.75 Å². The first-order chi connectivity index (χ1) is 11.9. The molecule has 3 fully saturated rings. The Labute approximate surface area is 152 Å². The predicted octanol–water partition coefficient (Wildman–Crippen LogP) is 1.02. The van der Waals surface area contributed by atoms with Gasteiger partial charge in [0.05, 0.1) is 23.8 Å². The maximum atomic E-state index is 12.7. The van der Waals surface area contributed by atoms with Gasteiger partial charge in [0.2, 0.25) is 0 Å². The molecule has 1 aromatic heterocycles. The fourth-order valence-electron chi connectivity index (χ4n) is 4.27. The number of nitrogens with zero attached hydrogens (tertiary/aromatic N) is 2. The predicted molar refractivity (Wildman–Crippen MR) is 96.8 cm³/mol. The summed E-state index contributed by atoms with van der Waals surface area (Å²) in [4.78, 5) is 18.4. The van der Waals surface area contributed by atoms with Gasteiger partial charge in [-0.15, -0.1) is 11.3 Å². The summed E-state index contributed by atoms with van der Waals surface area (Å²) >= 11 is 1.47. The molecular formula is C17H24N2O4S2. The number of aryl methyl sites for hydroxylation is 1. The third-order valence-electron chi connectivity index (χ3n) is 5.84. The van der Waals surface area contributed by atoms with E-state index in [1.54, 1.807) is 4.90 Å². The number of hydrogen-bond acceptors (Lipinski definition) is 6. The van der Waals surface area contributed by atoms with Crippen LogP contribution >= 0.6 is 11.3 Å². The Bertz CT molecular complexity index is 761. The summed E-state index contributed by atoms with van der Waals surface area (Å²) in [6.45, 7) is 6.62. The zero-order chi connectivity index (χ0) is 17.7. The molecule has 1 amide bonds. The number of sulfone groups is 1.